The summed E-state index contributed by atoms with van der Waals surface area (Å²) < 4.78 is 5.65. The lowest BCUT2D eigenvalue weighted by molar-refractivity contribution is -0.135. The third-order valence-electron chi connectivity index (χ3n) is 9.32. The SMILES string of the molecule is CCCCCCCC(=O)N(CCN1CCN(C(=O)COc2ccccc2)CC1)CC1=CCC2CC1C2(C)C. The zero-order valence-corrected chi connectivity index (χ0v) is 24.0. The van der Waals surface area contributed by atoms with Crippen LogP contribution < -0.4 is 4.74 Å². The Kier molecular flexibility index (Phi) is 10.3. The fraction of sp³-hybridized carbons (Fsp3) is 0.688. The maximum absolute atomic E-state index is 13.3. The Morgan fingerprint density at radius 1 is 1.03 bits per heavy atom. The van der Waals surface area contributed by atoms with Gasteiger partial charge in [0.05, 0.1) is 0 Å². The van der Waals surface area contributed by atoms with E-state index in [1.807, 2.05) is 35.2 Å². The van der Waals surface area contributed by atoms with Gasteiger partial charge in [0.1, 0.15) is 5.75 Å². The van der Waals surface area contributed by atoms with E-state index in [0.29, 0.717) is 36.8 Å². The number of hydrogen-bond acceptors (Lipinski definition) is 4. The van der Waals surface area contributed by atoms with E-state index in [1.165, 1.54) is 37.7 Å². The molecule has 4 aliphatic rings. The molecule has 2 fully saturated rings. The van der Waals surface area contributed by atoms with Crippen molar-refractivity contribution in [3.63, 3.8) is 0 Å². The molecule has 1 saturated heterocycles. The molecule has 1 saturated carbocycles. The van der Waals surface area contributed by atoms with Gasteiger partial charge in [-0.15, -0.1) is 0 Å². The molecule has 210 valence electrons. The predicted molar refractivity (Wildman–Crippen MR) is 153 cm³/mol. The smallest absolute Gasteiger partial charge is 0.260 e. The van der Waals surface area contributed by atoms with Crippen LogP contribution in [0.1, 0.15) is 72.1 Å². The molecule has 3 aliphatic carbocycles. The molecule has 2 unspecified atom stereocenters. The molecule has 1 aliphatic heterocycles. The highest BCUT2D eigenvalue weighted by molar-refractivity contribution is 5.78. The van der Waals surface area contributed by atoms with Crippen LogP contribution in [-0.4, -0.2) is 78.9 Å². The number of piperazine rings is 1. The molecule has 6 heteroatoms. The lowest BCUT2D eigenvalue weighted by atomic mass is 9.49. The summed E-state index contributed by atoms with van der Waals surface area (Å²) in [7, 11) is 0. The van der Waals surface area contributed by atoms with Crippen LogP contribution in [-0.2, 0) is 9.59 Å². The lowest BCUT2D eigenvalue weighted by Gasteiger charge is -2.57. The molecule has 0 N–H and O–H groups in total. The van der Waals surface area contributed by atoms with Crippen molar-refractivity contribution in [3.05, 3.63) is 42.0 Å². The number of fused-ring (bicyclic) bond motifs is 1. The number of hydrogen-bond donors (Lipinski definition) is 0. The van der Waals surface area contributed by atoms with Crippen LogP contribution in [0.2, 0.25) is 0 Å². The summed E-state index contributed by atoms with van der Waals surface area (Å²) in [5.74, 6) is 2.53. The Morgan fingerprint density at radius 2 is 1.76 bits per heavy atom. The monoisotopic (exact) mass is 523 g/mol. The van der Waals surface area contributed by atoms with Gasteiger partial charge in [-0.2, -0.15) is 0 Å². The number of nitrogens with zero attached hydrogens (tertiary/aromatic N) is 3. The molecular weight excluding hydrogens is 474 g/mol. The molecule has 1 aromatic rings. The topological polar surface area (TPSA) is 53.1 Å². The minimum Gasteiger partial charge on any atom is -0.484 e. The van der Waals surface area contributed by atoms with E-state index < -0.39 is 0 Å². The molecule has 2 atom stereocenters. The number of unbranched alkanes of at least 4 members (excludes halogenated alkanes) is 4. The lowest BCUT2D eigenvalue weighted by Crippen LogP contribution is -2.52. The Morgan fingerprint density at radius 3 is 2.45 bits per heavy atom. The van der Waals surface area contributed by atoms with Crippen LogP contribution >= 0.6 is 0 Å². The van der Waals surface area contributed by atoms with E-state index in [4.69, 9.17) is 4.74 Å². The first-order valence-corrected chi connectivity index (χ1v) is 15.0. The van der Waals surface area contributed by atoms with Gasteiger partial charge in [-0.25, -0.2) is 0 Å². The van der Waals surface area contributed by atoms with Crippen molar-refractivity contribution >= 4 is 11.8 Å². The van der Waals surface area contributed by atoms with Crippen molar-refractivity contribution in [2.45, 2.75) is 72.1 Å². The van der Waals surface area contributed by atoms with Crippen LogP contribution in [0.4, 0.5) is 0 Å². The molecule has 38 heavy (non-hydrogen) atoms. The molecule has 2 amide bonds. The fourth-order valence-corrected chi connectivity index (χ4v) is 6.44. The summed E-state index contributed by atoms with van der Waals surface area (Å²) in [6.07, 6.45) is 11.4. The molecule has 0 aromatic heterocycles. The number of para-hydroxylation sites is 1. The minimum atomic E-state index is 0.0408. The largest absolute Gasteiger partial charge is 0.484 e. The van der Waals surface area contributed by atoms with Gasteiger partial charge < -0.3 is 14.5 Å². The van der Waals surface area contributed by atoms with Gasteiger partial charge in [0, 0.05) is 52.2 Å². The number of benzene rings is 1. The van der Waals surface area contributed by atoms with E-state index in [9.17, 15) is 9.59 Å². The van der Waals surface area contributed by atoms with E-state index in [0.717, 1.165) is 57.2 Å². The number of rotatable bonds is 14. The molecule has 0 spiro atoms. The highest BCUT2D eigenvalue weighted by Gasteiger charge is 2.51. The molecule has 1 heterocycles. The number of carbonyl (C=O) groups excluding carboxylic acids is 2. The van der Waals surface area contributed by atoms with Gasteiger partial charge in [0.25, 0.3) is 5.91 Å². The van der Waals surface area contributed by atoms with Crippen molar-refractivity contribution in [3.8, 4) is 5.75 Å². The van der Waals surface area contributed by atoms with E-state index in [-0.39, 0.29) is 12.5 Å². The van der Waals surface area contributed by atoms with Crippen molar-refractivity contribution in [2.75, 3.05) is 52.4 Å². The molecular formula is C32H49N3O3. The number of carbonyl (C=O) groups is 2. The Hall–Kier alpha value is -2.34. The van der Waals surface area contributed by atoms with Gasteiger partial charge in [0.2, 0.25) is 5.91 Å². The zero-order valence-electron chi connectivity index (χ0n) is 24.0. The van der Waals surface area contributed by atoms with Gasteiger partial charge in [-0.05, 0) is 48.6 Å². The second kappa shape index (κ2) is 13.6. The van der Waals surface area contributed by atoms with Crippen LogP contribution in [0.3, 0.4) is 0 Å². The van der Waals surface area contributed by atoms with Crippen molar-refractivity contribution in [1.29, 1.82) is 0 Å². The second-order valence-corrected chi connectivity index (χ2v) is 12.1. The quantitative estimate of drug-likeness (QED) is 0.242. The number of ether oxygens (including phenoxy) is 1. The van der Waals surface area contributed by atoms with E-state index in [1.54, 1.807) is 0 Å². The molecule has 6 nitrogen and oxygen atoms in total. The molecule has 5 rings (SSSR count). The predicted octanol–water partition coefficient (Wildman–Crippen LogP) is 5.39. The third-order valence-corrected chi connectivity index (χ3v) is 9.32. The molecule has 0 radical (unpaired) electrons. The highest BCUT2D eigenvalue weighted by atomic mass is 16.5. The maximum Gasteiger partial charge on any atom is 0.260 e. The fourth-order valence-electron chi connectivity index (χ4n) is 6.44. The Balaban J connectivity index is 1.24. The highest BCUT2D eigenvalue weighted by Crippen LogP contribution is 2.59. The average molecular weight is 524 g/mol. The van der Waals surface area contributed by atoms with Crippen LogP contribution in [0.25, 0.3) is 0 Å². The third kappa shape index (κ3) is 7.40. The summed E-state index contributed by atoms with van der Waals surface area (Å²) in [6.45, 7) is 12.7. The van der Waals surface area contributed by atoms with Crippen LogP contribution in [0, 0.1) is 17.3 Å². The van der Waals surface area contributed by atoms with Gasteiger partial charge >= 0.3 is 0 Å². The van der Waals surface area contributed by atoms with Crippen molar-refractivity contribution < 1.29 is 14.3 Å². The second-order valence-electron chi connectivity index (χ2n) is 12.1. The molecule has 1 aromatic carbocycles. The van der Waals surface area contributed by atoms with Gasteiger partial charge in [0.15, 0.2) is 6.61 Å². The summed E-state index contributed by atoms with van der Waals surface area (Å²) in [6, 6.07) is 9.50. The number of allylic oxidation sites excluding steroid dienone is 1. The van der Waals surface area contributed by atoms with Crippen LogP contribution in [0.5, 0.6) is 5.75 Å². The average Bonchev–Trinajstić information content (AvgIpc) is 2.94. The van der Waals surface area contributed by atoms with Crippen molar-refractivity contribution in [1.82, 2.24) is 14.7 Å². The van der Waals surface area contributed by atoms with Gasteiger partial charge in [-0.3, -0.25) is 14.5 Å². The number of amides is 2. The maximum atomic E-state index is 13.3. The van der Waals surface area contributed by atoms with Crippen molar-refractivity contribution in [2.24, 2.45) is 17.3 Å². The minimum absolute atomic E-state index is 0.0408. The van der Waals surface area contributed by atoms with E-state index >= 15 is 0 Å². The first-order chi connectivity index (χ1) is 18.4. The molecule has 2 bridgehead atoms. The summed E-state index contributed by atoms with van der Waals surface area (Å²) in [5, 5.41) is 0. The first kappa shape index (κ1) is 28.7. The Labute approximate surface area is 230 Å². The first-order valence-electron chi connectivity index (χ1n) is 15.0. The summed E-state index contributed by atoms with van der Waals surface area (Å²) >= 11 is 0. The van der Waals surface area contributed by atoms with E-state index in [2.05, 4.69) is 36.6 Å². The summed E-state index contributed by atoms with van der Waals surface area (Å²) in [5.41, 5.74) is 1.87. The normalized spacial score (nSPS) is 22.4. The summed E-state index contributed by atoms with van der Waals surface area (Å²) in [4.78, 5) is 32.4. The standard InChI is InChI=1S/C32H49N3O3/c1-4-5-6-7-11-14-30(36)35(24-26-15-16-27-23-29(26)32(27,2)3)22-19-33-17-20-34(21-18-33)31(37)25-38-28-12-9-8-10-13-28/h8-10,12-13,15,27,29H,4-7,11,14,16-25H2,1-3H3. The zero-order chi connectivity index (χ0) is 27.0. The van der Waals surface area contributed by atoms with Crippen LogP contribution in [0.15, 0.2) is 42.0 Å². The van der Waals surface area contributed by atoms with Gasteiger partial charge in [-0.1, -0.05) is 76.3 Å². The Bertz CT molecular complexity index is 937.